The Morgan fingerprint density at radius 2 is 1.67 bits per heavy atom. The molecule has 1 atom stereocenters. The second kappa shape index (κ2) is 3.98. The number of hydrogen-bond acceptors (Lipinski definition) is 5. The van der Waals surface area contributed by atoms with Crippen molar-refractivity contribution in [3.8, 4) is 0 Å². The summed E-state index contributed by atoms with van der Waals surface area (Å²) in [6.45, 7) is 0.746. The van der Waals surface area contributed by atoms with E-state index in [1.165, 1.54) is 0 Å². The maximum atomic E-state index is 10.9. The van der Waals surface area contributed by atoms with Gasteiger partial charge < -0.3 is 4.90 Å². The Hall–Kier alpha value is -0.220. The van der Waals surface area contributed by atoms with Crippen molar-refractivity contribution in [3.63, 3.8) is 0 Å². The SMILES string of the molecule is CN1CCC(C(S(=O)(=O)O)S(=O)(=O)O)C1. The minimum atomic E-state index is -4.79. The molecule has 7 nitrogen and oxygen atoms in total. The molecule has 0 aromatic carbocycles. The lowest BCUT2D eigenvalue weighted by Gasteiger charge is -2.17. The fourth-order valence-corrected chi connectivity index (χ4v) is 4.48. The lowest BCUT2D eigenvalue weighted by Crippen LogP contribution is -2.38. The van der Waals surface area contributed by atoms with Crippen molar-refractivity contribution >= 4 is 20.2 Å². The molecule has 0 radical (unpaired) electrons. The minimum absolute atomic E-state index is 0.213. The molecule has 15 heavy (non-hydrogen) atoms. The number of rotatable bonds is 3. The monoisotopic (exact) mass is 259 g/mol. The van der Waals surface area contributed by atoms with Crippen LogP contribution in [0.25, 0.3) is 0 Å². The second-order valence-electron chi connectivity index (χ2n) is 3.71. The van der Waals surface area contributed by atoms with Gasteiger partial charge in [-0.2, -0.15) is 16.8 Å². The van der Waals surface area contributed by atoms with Crippen LogP contribution in [0.1, 0.15) is 6.42 Å². The summed E-state index contributed by atoms with van der Waals surface area (Å²) in [5, 5.41) is 0. The summed E-state index contributed by atoms with van der Waals surface area (Å²) in [7, 11) is -7.89. The fourth-order valence-electron chi connectivity index (χ4n) is 1.83. The molecule has 90 valence electrons. The molecule has 2 N–H and O–H groups in total. The van der Waals surface area contributed by atoms with Crippen LogP contribution in [0.15, 0.2) is 0 Å². The molecular weight excluding hydrogens is 246 g/mol. The van der Waals surface area contributed by atoms with Crippen molar-refractivity contribution in [3.05, 3.63) is 0 Å². The Balaban J connectivity index is 3.04. The van der Waals surface area contributed by atoms with Crippen molar-refractivity contribution in [2.75, 3.05) is 20.1 Å². The zero-order valence-electron chi connectivity index (χ0n) is 8.07. The van der Waals surface area contributed by atoms with E-state index in [1.807, 2.05) is 0 Å². The Kier molecular flexibility index (Phi) is 3.41. The highest BCUT2D eigenvalue weighted by molar-refractivity contribution is 8.04. The van der Waals surface area contributed by atoms with Gasteiger partial charge in [0.05, 0.1) is 0 Å². The predicted molar refractivity (Wildman–Crippen MR) is 52.5 cm³/mol. The summed E-state index contributed by atoms with van der Waals surface area (Å²) < 4.78 is 58.9. The summed E-state index contributed by atoms with van der Waals surface area (Å²) in [4.78, 5) is 1.73. The highest BCUT2D eigenvalue weighted by atomic mass is 32.3. The fraction of sp³-hybridized carbons (Fsp3) is 1.00. The van der Waals surface area contributed by atoms with Gasteiger partial charge in [-0.25, -0.2) is 0 Å². The van der Waals surface area contributed by atoms with E-state index in [2.05, 4.69) is 0 Å². The zero-order valence-corrected chi connectivity index (χ0v) is 9.70. The minimum Gasteiger partial charge on any atom is -0.306 e. The van der Waals surface area contributed by atoms with Gasteiger partial charge in [-0.3, -0.25) is 9.11 Å². The van der Waals surface area contributed by atoms with Crippen molar-refractivity contribution in [2.45, 2.75) is 11.0 Å². The number of nitrogens with zero attached hydrogens (tertiary/aromatic N) is 1. The lowest BCUT2D eigenvalue weighted by molar-refractivity contribution is 0.384. The van der Waals surface area contributed by atoms with Gasteiger partial charge in [0.15, 0.2) is 0 Å². The molecule has 0 spiro atoms. The quantitative estimate of drug-likeness (QED) is 0.628. The van der Waals surface area contributed by atoms with Gasteiger partial charge in [0.25, 0.3) is 20.2 Å². The second-order valence-corrected chi connectivity index (χ2v) is 7.08. The first-order valence-corrected chi connectivity index (χ1v) is 7.24. The molecule has 9 heteroatoms. The van der Waals surface area contributed by atoms with Gasteiger partial charge in [-0.15, -0.1) is 0 Å². The van der Waals surface area contributed by atoms with Crippen LogP contribution in [-0.2, 0) is 20.2 Å². The molecule has 0 amide bonds. The van der Waals surface area contributed by atoms with Gasteiger partial charge in [0, 0.05) is 12.5 Å². The van der Waals surface area contributed by atoms with Crippen LogP contribution in [0.2, 0.25) is 0 Å². The molecule has 1 aliphatic rings. The first-order chi connectivity index (χ1) is 6.62. The average Bonchev–Trinajstić information content (AvgIpc) is 2.28. The van der Waals surface area contributed by atoms with Crippen LogP contribution in [0, 0.1) is 5.92 Å². The molecule has 1 saturated heterocycles. The Labute approximate surface area is 88.6 Å². The van der Waals surface area contributed by atoms with Crippen molar-refractivity contribution in [1.82, 2.24) is 4.90 Å². The Morgan fingerprint density at radius 3 is 1.93 bits per heavy atom. The number of hydrogen-bond donors (Lipinski definition) is 2. The van der Waals surface area contributed by atoms with Gasteiger partial charge in [-0.1, -0.05) is 0 Å². The van der Waals surface area contributed by atoms with Crippen molar-refractivity contribution < 1.29 is 25.9 Å². The topological polar surface area (TPSA) is 112 Å². The summed E-state index contributed by atoms with van der Waals surface area (Å²) >= 11 is 0. The molecule has 0 bridgehead atoms. The van der Waals surface area contributed by atoms with E-state index >= 15 is 0 Å². The first kappa shape index (κ1) is 12.8. The molecule has 1 unspecified atom stereocenters. The van der Waals surface area contributed by atoms with E-state index in [0.29, 0.717) is 13.0 Å². The highest BCUT2D eigenvalue weighted by Gasteiger charge is 2.44. The zero-order chi connectivity index (χ0) is 11.9. The molecule has 0 saturated carbocycles. The van der Waals surface area contributed by atoms with Crippen LogP contribution in [-0.4, -0.2) is 55.6 Å². The van der Waals surface area contributed by atoms with E-state index in [9.17, 15) is 16.8 Å². The summed E-state index contributed by atoms with van der Waals surface area (Å²) in [6, 6.07) is 0. The third kappa shape index (κ3) is 3.11. The first-order valence-electron chi connectivity index (χ1n) is 4.23. The van der Waals surface area contributed by atoms with Crippen LogP contribution in [0.4, 0.5) is 0 Å². The summed E-state index contributed by atoms with van der Waals surface area (Å²) in [5.74, 6) is -0.792. The number of likely N-dealkylation sites (tertiary alicyclic amines) is 1. The average molecular weight is 259 g/mol. The van der Waals surface area contributed by atoms with E-state index in [-0.39, 0.29) is 6.54 Å². The Morgan fingerprint density at radius 1 is 1.20 bits per heavy atom. The normalized spacial score (nSPS) is 24.9. The van der Waals surface area contributed by atoms with Gasteiger partial charge >= 0.3 is 0 Å². The standard InChI is InChI=1S/C6H13NO6S2/c1-7-3-2-5(4-7)6(14(8,9)10)15(11,12)13/h5-6H,2-4H2,1H3,(H,8,9,10)(H,11,12,13). The van der Waals surface area contributed by atoms with Gasteiger partial charge in [-0.05, 0) is 20.0 Å². The Bertz CT molecular complexity index is 395. The molecule has 1 aliphatic heterocycles. The van der Waals surface area contributed by atoms with E-state index in [4.69, 9.17) is 9.11 Å². The van der Waals surface area contributed by atoms with E-state index in [1.54, 1.807) is 11.9 Å². The van der Waals surface area contributed by atoms with Crippen molar-refractivity contribution in [2.24, 2.45) is 5.92 Å². The maximum Gasteiger partial charge on any atom is 0.285 e. The molecule has 1 rings (SSSR count). The van der Waals surface area contributed by atoms with Gasteiger partial charge in [0.2, 0.25) is 4.58 Å². The van der Waals surface area contributed by atoms with Crippen LogP contribution >= 0.6 is 0 Å². The predicted octanol–water partition coefficient (Wildman–Crippen LogP) is -0.960. The van der Waals surface area contributed by atoms with Crippen LogP contribution < -0.4 is 0 Å². The highest BCUT2D eigenvalue weighted by Crippen LogP contribution is 2.26. The largest absolute Gasteiger partial charge is 0.306 e. The van der Waals surface area contributed by atoms with Crippen molar-refractivity contribution in [1.29, 1.82) is 0 Å². The van der Waals surface area contributed by atoms with Crippen LogP contribution in [0.5, 0.6) is 0 Å². The molecule has 1 fully saturated rings. The third-order valence-corrected chi connectivity index (χ3v) is 5.80. The van der Waals surface area contributed by atoms with Gasteiger partial charge in [0.1, 0.15) is 0 Å². The van der Waals surface area contributed by atoms with E-state index in [0.717, 1.165) is 0 Å². The molecule has 0 aromatic heterocycles. The molecule has 0 aromatic rings. The summed E-state index contributed by atoms with van der Waals surface area (Å²) in [5.41, 5.74) is 0. The lowest BCUT2D eigenvalue weighted by atomic mass is 10.1. The molecule has 0 aliphatic carbocycles. The molecular formula is C6H13NO6S2. The van der Waals surface area contributed by atoms with Crippen LogP contribution in [0.3, 0.4) is 0 Å². The third-order valence-electron chi connectivity index (χ3n) is 2.40. The maximum absolute atomic E-state index is 10.9. The summed E-state index contributed by atoms with van der Waals surface area (Å²) in [6.07, 6.45) is 0.306. The molecule has 1 heterocycles. The van der Waals surface area contributed by atoms with E-state index < -0.39 is 30.7 Å². The smallest absolute Gasteiger partial charge is 0.285 e.